The number of carbonyl (C=O) groups excluding carboxylic acids is 1. The maximum atomic E-state index is 12.3. The number of ether oxygens (including phenoxy) is 2. The lowest BCUT2D eigenvalue weighted by Crippen LogP contribution is -2.17. The Morgan fingerprint density at radius 3 is 2.38 bits per heavy atom. The minimum Gasteiger partial charge on any atom is -0.493 e. The van der Waals surface area contributed by atoms with Gasteiger partial charge in [0.1, 0.15) is 0 Å². The highest BCUT2D eigenvalue weighted by atomic mass is 16.5. The molecule has 2 N–H and O–H groups in total. The summed E-state index contributed by atoms with van der Waals surface area (Å²) >= 11 is 0. The fraction of sp³-hybridized carbons (Fsp3) is 0.130. The largest absolute Gasteiger partial charge is 0.493 e. The van der Waals surface area contributed by atoms with Crippen LogP contribution in [0.1, 0.15) is 22.8 Å². The van der Waals surface area contributed by atoms with Crippen LogP contribution in [0.3, 0.4) is 0 Å². The zero-order chi connectivity index (χ0) is 20.5. The van der Waals surface area contributed by atoms with Gasteiger partial charge in [0.2, 0.25) is 0 Å². The van der Waals surface area contributed by atoms with Gasteiger partial charge in [-0.3, -0.25) is 4.79 Å². The third-order valence-corrected chi connectivity index (χ3v) is 4.08. The van der Waals surface area contributed by atoms with Crippen LogP contribution < -0.4 is 20.2 Å². The molecule has 0 saturated heterocycles. The standard InChI is InChI=1S/C23H23N3O3/c1-3-29-21-14-11-18(15-22(21)28-2)23(27)26-24-16-17-9-12-20(13-10-17)25-19-7-5-4-6-8-19/h4-16,25H,3H2,1-2H3,(H,26,27)/b24-16-. The van der Waals surface area contributed by atoms with Crippen LogP contribution in [0.4, 0.5) is 11.4 Å². The number of carbonyl (C=O) groups is 1. The predicted octanol–water partition coefficient (Wildman–Crippen LogP) is 4.60. The molecule has 0 saturated carbocycles. The molecule has 0 unspecified atom stereocenters. The second-order valence-corrected chi connectivity index (χ2v) is 6.11. The van der Waals surface area contributed by atoms with Gasteiger partial charge >= 0.3 is 0 Å². The SMILES string of the molecule is CCOc1ccc(C(=O)N/N=C\c2ccc(Nc3ccccc3)cc2)cc1OC. The van der Waals surface area contributed by atoms with Gasteiger partial charge in [0.15, 0.2) is 11.5 Å². The third kappa shape index (κ3) is 5.59. The van der Waals surface area contributed by atoms with Gasteiger partial charge in [-0.1, -0.05) is 30.3 Å². The van der Waals surface area contributed by atoms with E-state index in [2.05, 4.69) is 15.8 Å². The monoisotopic (exact) mass is 389 g/mol. The van der Waals surface area contributed by atoms with Gasteiger partial charge in [0.05, 0.1) is 19.9 Å². The average molecular weight is 389 g/mol. The summed E-state index contributed by atoms with van der Waals surface area (Å²) in [6.45, 7) is 2.41. The Morgan fingerprint density at radius 1 is 0.966 bits per heavy atom. The summed E-state index contributed by atoms with van der Waals surface area (Å²) in [4.78, 5) is 12.3. The number of methoxy groups -OCH3 is 1. The molecule has 3 rings (SSSR count). The minimum atomic E-state index is -0.329. The maximum absolute atomic E-state index is 12.3. The fourth-order valence-electron chi connectivity index (χ4n) is 2.65. The summed E-state index contributed by atoms with van der Waals surface area (Å²) in [5.41, 5.74) is 5.82. The lowest BCUT2D eigenvalue weighted by molar-refractivity contribution is 0.0954. The lowest BCUT2D eigenvalue weighted by Gasteiger charge is -2.10. The van der Waals surface area contributed by atoms with E-state index in [0.717, 1.165) is 16.9 Å². The molecule has 0 atom stereocenters. The van der Waals surface area contributed by atoms with Crippen molar-refractivity contribution in [3.8, 4) is 11.5 Å². The zero-order valence-corrected chi connectivity index (χ0v) is 16.4. The van der Waals surface area contributed by atoms with E-state index in [4.69, 9.17) is 9.47 Å². The van der Waals surface area contributed by atoms with Gasteiger partial charge in [0.25, 0.3) is 5.91 Å². The normalized spacial score (nSPS) is 10.6. The number of nitrogens with one attached hydrogen (secondary N) is 2. The Hall–Kier alpha value is -3.80. The third-order valence-electron chi connectivity index (χ3n) is 4.08. The Morgan fingerprint density at radius 2 is 1.69 bits per heavy atom. The van der Waals surface area contributed by atoms with Crippen LogP contribution in [-0.2, 0) is 0 Å². The Labute approximate surface area is 170 Å². The summed E-state index contributed by atoms with van der Waals surface area (Å²) in [7, 11) is 1.54. The number of hydrogen-bond acceptors (Lipinski definition) is 5. The molecule has 0 spiro atoms. The van der Waals surface area contributed by atoms with Gasteiger partial charge in [0, 0.05) is 16.9 Å². The van der Waals surface area contributed by atoms with Gasteiger partial charge < -0.3 is 14.8 Å². The number of anilines is 2. The molecule has 0 bridgehead atoms. The Balaban J connectivity index is 1.58. The summed E-state index contributed by atoms with van der Waals surface area (Å²) in [6.07, 6.45) is 1.59. The van der Waals surface area contributed by atoms with Crippen molar-refractivity contribution in [1.29, 1.82) is 0 Å². The Kier molecular flexibility index (Phi) is 6.84. The first kappa shape index (κ1) is 19.9. The van der Waals surface area contributed by atoms with Crippen molar-refractivity contribution in [1.82, 2.24) is 5.43 Å². The van der Waals surface area contributed by atoms with E-state index < -0.39 is 0 Å². The fourth-order valence-corrected chi connectivity index (χ4v) is 2.65. The first-order chi connectivity index (χ1) is 14.2. The quantitative estimate of drug-likeness (QED) is 0.436. The molecular weight excluding hydrogens is 366 g/mol. The molecule has 29 heavy (non-hydrogen) atoms. The molecule has 0 aliphatic heterocycles. The van der Waals surface area contributed by atoms with Crippen LogP contribution in [0.5, 0.6) is 11.5 Å². The number of rotatable bonds is 8. The molecule has 0 aliphatic carbocycles. The molecule has 3 aromatic carbocycles. The van der Waals surface area contributed by atoms with Crippen molar-refractivity contribution in [2.24, 2.45) is 5.10 Å². The molecule has 6 nitrogen and oxygen atoms in total. The first-order valence-electron chi connectivity index (χ1n) is 9.26. The average Bonchev–Trinajstić information content (AvgIpc) is 2.76. The van der Waals surface area contributed by atoms with Crippen LogP contribution in [-0.4, -0.2) is 25.8 Å². The maximum Gasteiger partial charge on any atom is 0.271 e. The minimum absolute atomic E-state index is 0.329. The van der Waals surface area contributed by atoms with E-state index in [0.29, 0.717) is 23.7 Å². The smallest absolute Gasteiger partial charge is 0.271 e. The molecule has 0 aliphatic rings. The van der Waals surface area contributed by atoms with Gasteiger partial charge in [-0.25, -0.2) is 5.43 Å². The van der Waals surface area contributed by atoms with Gasteiger partial charge in [-0.2, -0.15) is 5.10 Å². The van der Waals surface area contributed by atoms with Crippen molar-refractivity contribution >= 4 is 23.5 Å². The number of nitrogens with zero attached hydrogens (tertiary/aromatic N) is 1. The highest BCUT2D eigenvalue weighted by molar-refractivity contribution is 5.95. The van der Waals surface area contributed by atoms with Crippen molar-refractivity contribution in [2.45, 2.75) is 6.92 Å². The van der Waals surface area contributed by atoms with Crippen LogP contribution >= 0.6 is 0 Å². The topological polar surface area (TPSA) is 72.0 Å². The highest BCUT2D eigenvalue weighted by Gasteiger charge is 2.10. The molecular formula is C23H23N3O3. The van der Waals surface area contributed by atoms with Crippen LogP contribution in [0.2, 0.25) is 0 Å². The Bertz CT molecular complexity index is 970. The zero-order valence-electron chi connectivity index (χ0n) is 16.4. The molecule has 0 radical (unpaired) electrons. The van der Waals surface area contributed by atoms with Crippen LogP contribution in [0, 0.1) is 0 Å². The van der Waals surface area contributed by atoms with E-state index in [1.165, 1.54) is 7.11 Å². The summed E-state index contributed by atoms with van der Waals surface area (Å²) < 4.78 is 10.7. The second-order valence-electron chi connectivity index (χ2n) is 6.11. The van der Waals surface area contributed by atoms with Crippen molar-refractivity contribution in [3.63, 3.8) is 0 Å². The first-order valence-corrected chi connectivity index (χ1v) is 9.26. The molecule has 1 amide bonds. The van der Waals surface area contributed by atoms with Crippen molar-refractivity contribution in [2.75, 3.05) is 19.0 Å². The van der Waals surface area contributed by atoms with E-state index in [9.17, 15) is 4.79 Å². The number of benzene rings is 3. The summed E-state index contributed by atoms with van der Waals surface area (Å²) in [5.74, 6) is 0.772. The molecule has 0 fully saturated rings. The van der Waals surface area contributed by atoms with Crippen molar-refractivity contribution in [3.05, 3.63) is 83.9 Å². The lowest BCUT2D eigenvalue weighted by atomic mass is 10.2. The molecule has 6 heteroatoms. The second kappa shape index (κ2) is 9.94. The van der Waals surface area contributed by atoms with E-state index in [-0.39, 0.29) is 5.91 Å². The number of para-hydroxylation sites is 1. The van der Waals surface area contributed by atoms with E-state index in [1.54, 1.807) is 24.4 Å². The highest BCUT2D eigenvalue weighted by Crippen LogP contribution is 2.28. The van der Waals surface area contributed by atoms with Crippen LogP contribution in [0.15, 0.2) is 77.9 Å². The molecule has 0 heterocycles. The van der Waals surface area contributed by atoms with Gasteiger partial charge in [-0.05, 0) is 55.0 Å². The van der Waals surface area contributed by atoms with Gasteiger partial charge in [-0.15, -0.1) is 0 Å². The molecule has 3 aromatic rings. The predicted molar refractivity (Wildman–Crippen MR) is 115 cm³/mol. The summed E-state index contributed by atoms with van der Waals surface area (Å²) in [5, 5.41) is 7.34. The number of amides is 1. The molecule has 0 aromatic heterocycles. The molecule has 148 valence electrons. The number of hydrogen-bond donors (Lipinski definition) is 2. The summed E-state index contributed by atoms with van der Waals surface area (Å²) in [6, 6.07) is 22.7. The van der Waals surface area contributed by atoms with Crippen LogP contribution in [0.25, 0.3) is 0 Å². The van der Waals surface area contributed by atoms with E-state index in [1.807, 2.05) is 61.5 Å². The number of hydrazone groups is 1. The van der Waals surface area contributed by atoms with Crippen molar-refractivity contribution < 1.29 is 14.3 Å². The van der Waals surface area contributed by atoms with E-state index >= 15 is 0 Å².